The first-order valence-corrected chi connectivity index (χ1v) is 9.35. The topological polar surface area (TPSA) is 101 Å². The van der Waals surface area contributed by atoms with Gasteiger partial charge < -0.3 is 24.5 Å². The van der Waals surface area contributed by atoms with Crippen LogP contribution in [-0.2, 0) is 11.3 Å². The summed E-state index contributed by atoms with van der Waals surface area (Å²) in [5, 5.41) is 21.6. The number of nitrogens with zero attached hydrogens (tertiary/aromatic N) is 1. The number of carbonyl (C=O) groups excluding carboxylic acids is 1. The fourth-order valence-corrected chi connectivity index (χ4v) is 3.18. The molecule has 0 fully saturated rings. The highest BCUT2D eigenvalue weighted by molar-refractivity contribution is 6.65. The van der Waals surface area contributed by atoms with Gasteiger partial charge in [0, 0.05) is 22.7 Å². The second kappa shape index (κ2) is 8.86. The van der Waals surface area contributed by atoms with E-state index in [1.165, 1.54) is 6.92 Å². The molecule has 3 rings (SSSR count). The van der Waals surface area contributed by atoms with Crippen molar-refractivity contribution in [2.45, 2.75) is 25.5 Å². The molecule has 2 N–H and O–H groups in total. The van der Waals surface area contributed by atoms with E-state index in [1.807, 2.05) is 6.07 Å². The summed E-state index contributed by atoms with van der Waals surface area (Å²) >= 11 is 6.18. The third-order valence-electron chi connectivity index (χ3n) is 4.46. The van der Waals surface area contributed by atoms with Crippen LogP contribution < -0.4 is 20.3 Å². The molecule has 1 unspecified atom stereocenters. The lowest BCUT2D eigenvalue weighted by molar-refractivity contribution is -0.274. The van der Waals surface area contributed by atoms with Gasteiger partial charge in [-0.3, -0.25) is 4.79 Å². The number of nitriles is 1. The predicted octanol–water partition coefficient (Wildman–Crippen LogP) is 2.69. The first-order valence-electron chi connectivity index (χ1n) is 8.97. The van der Waals surface area contributed by atoms with Crippen LogP contribution in [0.25, 0.3) is 0 Å². The molecule has 0 aromatic heterocycles. The number of benzene rings is 2. The molecule has 0 saturated carbocycles. The maximum absolute atomic E-state index is 14.3. The Morgan fingerprint density at radius 1 is 1.34 bits per heavy atom. The molecule has 7 nitrogen and oxygen atoms in total. The summed E-state index contributed by atoms with van der Waals surface area (Å²) in [7, 11) is -1.45. The number of amides is 1. The number of hydrogen-bond donors (Lipinski definition) is 2. The summed E-state index contributed by atoms with van der Waals surface area (Å²) in [6, 6.07) is 6.92. The zero-order chi connectivity index (χ0) is 23.7. The normalized spacial score (nSPS) is 14.9. The van der Waals surface area contributed by atoms with E-state index >= 15 is 0 Å². The first kappa shape index (κ1) is 23.7. The lowest BCUT2D eigenvalue weighted by Gasteiger charge is -2.25. The highest BCUT2D eigenvalue weighted by Gasteiger charge is 2.36. The standard InChI is InChI=1S/C19H14BClF4N2O5/c1-18(8-26,32-14-6-13(22)12-7-30-20(29)15(12)16(14)21)9-27-17(28)10-2-4-11(5-3-10)31-19(23,24)25/h2-6,29H,7,9H2,1H3,(H,27,28). The van der Waals surface area contributed by atoms with Gasteiger partial charge >= 0.3 is 13.5 Å². The van der Waals surface area contributed by atoms with E-state index in [4.69, 9.17) is 21.0 Å². The van der Waals surface area contributed by atoms with Gasteiger partial charge in [0.1, 0.15) is 23.4 Å². The number of hydrogen-bond acceptors (Lipinski definition) is 6. The minimum Gasteiger partial charge on any atom is -0.469 e. The van der Waals surface area contributed by atoms with Crippen molar-refractivity contribution >= 4 is 30.1 Å². The van der Waals surface area contributed by atoms with Crippen molar-refractivity contribution in [3.05, 3.63) is 52.3 Å². The van der Waals surface area contributed by atoms with Crippen molar-refractivity contribution in [2.24, 2.45) is 0 Å². The van der Waals surface area contributed by atoms with Crippen molar-refractivity contribution in [1.82, 2.24) is 5.32 Å². The van der Waals surface area contributed by atoms with E-state index in [0.717, 1.165) is 30.3 Å². The van der Waals surface area contributed by atoms with Gasteiger partial charge in [0.2, 0.25) is 5.60 Å². The van der Waals surface area contributed by atoms with Crippen molar-refractivity contribution in [2.75, 3.05) is 6.54 Å². The van der Waals surface area contributed by atoms with Crippen LogP contribution in [0, 0.1) is 17.1 Å². The van der Waals surface area contributed by atoms with E-state index in [9.17, 15) is 32.6 Å². The number of halogens is 5. The van der Waals surface area contributed by atoms with Crippen LogP contribution in [0.4, 0.5) is 17.6 Å². The smallest absolute Gasteiger partial charge is 0.469 e. The summed E-state index contributed by atoms with van der Waals surface area (Å²) < 4.78 is 65.2. The van der Waals surface area contributed by atoms with Crippen molar-refractivity contribution in [1.29, 1.82) is 5.26 Å². The molecule has 1 heterocycles. The number of nitrogens with one attached hydrogen (secondary N) is 1. The molecule has 13 heteroatoms. The molecule has 1 amide bonds. The van der Waals surface area contributed by atoms with Crippen LogP contribution in [0.2, 0.25) is 5.02 Å². The predicted molar refractivity (Wildman–Crippen MR) is 104 cm³/mol. The van der Waals surface area contributed by atoms with E-state index < -0.39 is 36.6 Å². The van der Waals surface area contributed by atoms with Gasteiger partial charge in [0.05, 0.1) is 18.2 Å². The molecule has 168 valence electrons. The van der Waals surface area contributed by atoms with Crippen LogP contribution in [-0.4, -0.2) is 36.6 Å². The van der Waals surface area contributed by atoms with E-state index in [-0.39, 0.29) is 40.5 Å². The number of alkyl halides is 3. The average Bonchev–Trinajstić information content (AvgIpc) is 3.12. The minimum atomic E-state index is -4.86. The van der Waals surface area contributed by atoms with Crippen molar-refractivity contribution < 1.29 is 41.5 Å². The molecule has 0 saturated heterocycles. The Labute approximate surface area is 184 Å². The summed E-state index contributed by atoms with van der Waals surface area (Å²) in [4.78, 5) is 12.3. The molecule has 2 aromatic carbocycles. The maximum Gasteiger partial charge on any atom is 0.573 e. The third kappa shape index (κ3) is 5.24. The summed E-state index contributed by atoms with van der Waals surface area (Å²) in [5.41, 5.74) is -1.64. The van der Waals surface area contributed by atoms with Gasteiger partial charge in [-0.2, -0.15) is 5.26 Å². The lowest BCUT2D eigenvalue weighted by Crippen LogP contribution is -2.44. The van der Waals surface area contributed by atoms with Crippen molar-refractivity contribution in [3.8, 4) is 17.6 Å². The number of carbonyl (C=O) groups is 1. The second-order valence-electron chi connectivity index (χ2n) is 6.93. The quantitative estimate of drug-likeness (QED) is 0.495. The van der Waals surface area contributed by atoms with Gasteiger partial charge in [0.25, 0.3) is 5.91 Å². The zero-order valence-corrected chi connectivity index (χ0v) is 17.1. The van der Waals surface area contributed by atoms with Gasteiger partial charge in [-0.15, -0.1) is 13.2 Å². The summed E-state index contributed by atoms with van der Waals surface area (Å²) in [6.07, 6.45) is -4.86. The zero-order valence-electron chi connectivity index (χ0n) is 16.3. The minimum absolute atomic E-state index is 0.00157. The third-order valence-corrected chi connectivity index (χ3v) is 4.85. The Kier molecular flexibility index (Phi) is 6.55. The van der Waals surface area contributed by atoms with Crippen LogP contribution >= 0.6 is 11.6 Å². The molecular weight excluding hydrogens is 458 g/mol. The van der Waals surface area contributed by atoms with Crippen LogP contribution in [0.5, 0.6) is 11.5 Å². The summed E-state index contributed by atoms with van der Waals surface area (Å²) in [5.74, 6) is -2.19. The second-order valence-corrected chi connectivity index (χ2v) is 7.30. The Balaban J connectivity index is 1.70. The summed E-state index contributed by atoms with van der Waals surface area (Å²) in [6.45, 7) is 0.750. The maximum atomic E-state index is 14.3. The number of rotatable bonds is 6. The monoisotopic (exact) mass is 472 g/mol. The molecule has 0 radical (unpaired) electrons. The Hall–Kier alpha value is -3.01. The van der Waals surface area contributed by atoms with Gasteiger partial charge in [0.15, 0.2) is 0 Å². The van der Waals surface area contributed by atoms with Crippen LogP contribution in [0.3, 0.4) is 0 Å². The van der Waals surface area contributed by atoms with Crippen molar-refractivity contribution in [3.63, 3.8) is 0 Å². The highest BCUT2D eigenvalue weighted by atomic mass is 35.5. The fraction of sp³-hybridized carbons (Fsp3) is 0.263. The molecule has 32 heavy (non-hydrogen) atoms. The molecule has 0 bridgehead atoms. The average molecular weight is 473 g/mol. The number of ether oxygens (including phenoxy) is 2. The molecular formula is C19H14BClF4N2O5. The van der Waals surface area contributed by atoms with Gasteiger partial charge in [-0.1, -0.05) is 11.6 Å². The SMILES string of the molecule is CC(C#N)(CNC(=O)c1ccc(OC(F)(F)F)cc1)Oc1cc(F)c2c(c1Cl)B(O)OC2. The van der Waals surface area contributed by atoms with E-state index in [2.05, 4.69) is 10.1 Å². The molecule has 1 aliphatic heterocycles. The Bertz CT molecular complexity index is 1080. The molecule has 0 spiro atoms. The van der Waals surface area contributed by atoms with Gasteiger partial charge in [-0.25, -0.2) is 4.39 Å². The van der Waals surface area contributed by atoms with E-state index in [0.29, 0.717) is 0 Å². The van der Waals surface area contributed by atoms with Crippen LogP contribution in [0.15, 0.2) is 30.3 Å². The first-order chi connectivity index (χ1) is 14.9. The molecule has 2 aromatic rings. The van der Waals surface area contributed by atoms with Gasteiger partial charge in [-0.05, 0) is 31.2 Å². The molecule has 1 atom stereocenters. The molecule has 0 aliphatic carbocycles. The van der Waals surface area contributed by atoms with E-state index in [1.54, 1.807) is 0 Å². The largest absolute Gasteiger partial charge is 0.573 e. The lowest BCUT2D eigenvalue weighted by atomic mass is 9.79. The number of fused-ring (bicyclic) bond motifs is 1. The Morgan fingerprint density at radius 2 is 2.00 bits per heavy atom. The highest BCUT2D eigenvalue weighted by Crippen LogP contribution is 2.32. The molecule has 1 aliphatic rings. The van der Waals surface area contributed by atoms with Crippen LogP contribution in [0.1, 0.15) is 22.8 Å². The Morgan fingerprint density at radius 3 is 2.59 bits per heavy atom. The fourth-order valence-electron chi connectivity index (χ4n) is 2.88.